The molecule has 2 heteroatoms. The van der Waals surface area contributed by atoms with Crippen LogP contribution in [-0.4, -0.2) is 23.8 Å². The second-order valence-electron chi connectivity index (χ2n) is 2.51. The largest absolute Gasteiger partial charge is 0.352 e. The van der Waals surface area contributed by atoms with E-state index in [9.17, 15) is 0 Å². The van der Waals surface area contributed by atoms with Crippen LogP contribution in [0.1, 0.15) is 6.42 Å². The number of amidine groups is 1. The zero-order chi connectivity index (χ0) is 6.81. The Labute approximate surface area is 60.6 Å². The summed E-state index contributed by atoms with van der Waals surface area (Å²) < 4.78 is 0. The molecule has 0 aromatic carbocycles. The second-order valence-corrected chi connectivity index (χ2v) is 2.51. The highest BCUT2D eigenvalue weighted by Gasteiger charge is 2.11. The van der Waals surface area contributed by atoms with Gasteiger partial charge in [-0.3, -0.25) is 0 Å². The maximum Gasteiger partial charge on any atom is 0.108 e. The lowest BCUT2D eigenvalue weighted by Crippen LogP contribution is -2.34. The van der Waals surface area contributed by atoms with Crippen molar-refractivity contribution in [3.05, 3.63) is 24.4 Å². The average molecular weight is 134 g/mol. The lowest BCUT2D eigenvalue weighted by molar-refractivity contribution is 0.490. The number of fused-ring (bicyclic) bond motifs is 1. The first-order valence-corrected chi connectivity index (χ1v) is 3.58. The van der Waals surface area contributed by atoms with Gasteiger partial charge in [0.15, 0.2) is 0 Å². The summed E-state index contributed by atoms with van der Waals surface area (Å²) >= 11 is 0. The van der Waals surface area contributed by atoms with Crippen LogP contribution in [0.4, 0.5) is 0 Å². The van der Waals surface area contributed by atoms with E-state index in [1.165, 1.54) is 5.84 Å². The highest BCUT2D eigenvalue weighted by Crippen LogP contribution is 2.08. The molecule has 0 saturated heterocycles. The lowest BCUT2D eigenvalue weighted by Gasteiger charge is -2.27. The molecule has 0 amide bonds. The summed E-state index contributed by atoms with van der Waals surface area (Å²) in [7, 11) is 0. The molecule has 10 heavy (non-hydrogen) atoms. The first-order valence-electron chi connectivity index (χ1n) is 3.58. The van der Waals surface area contributed by atoms with Gasteiger partial charge in [0.2, 0.25) is 0 Å². The summed E-state index contributed by atoms with van der Waals surface area (Å²) in [6.45, 7) is 2.06. The van der Waals surface area contributed by atoms with Gasteiger partial charge in [0.25, 0.3) is 0 Å². The fourth-order valence-electron chi connectivity index (χ4n) is 1.25. The van der Waals surface area contributed by atoms with Crippen molar-refractivity contribution < 1.29 is 0 Å². The van der Waals surface area contributed by atoms with Crippen molar-refractivity contribution in [1.82, 2.24) is 4.90 Å². The van der Waals surface area contributed by atoms with Crippen LogP contribution in [-0.2, 0) is 0 Å². The number of hydrogen-bond donors (Lipinski definition) is 0. The third-order valence-electron chi connectivity index (χ3n) is 1.81. The maximum atomic E-state index is 4.26. The van der Waals surface area contributed by atoms with E-state index in [-0.39, 0.29) is 0 Å². The van der Waals surface area contributed by atoms with Crippen LogP contribution in [0, 0.1) is 0 Å². The van der Waals surface area contributed by atoms with Crippen LogP contribution >= 0.6 is 0 Å². The molecule has 0 spiro atoms. The predicted octanol–water partition coefficient (Wildman–Crippen LogP) is 1.17. The van der Waals surface area contributed by atoms with E-state index < -0.39 is 0 Å². The molecule has 0 bridgehead atoms. The van der Waals surface area contributed by atoms with Gasteiger partial charge in [0.1, 0.15) is 5.84 Å². The minimum atomic E-state index is 1.00. The van der Waals surface area contributed by atoms with Crippen molar-refractivity contribution in [1.29, 1.82) is 0 Å². The molecule has 0 unspecified atom stereocenters. The van der Waals surface area contributed by atoms with Crippen molar-refractivity contribution in [3.8, 4) is 0 Å². The Morgan fingerprint density at radius 1 is 1.20 bits per heavy atom. The van der Waals surface area contributed by atoms with E-state index >= 15 is 0 Å². The Kier molecular flexibility index (Phi) is 1.31. The van der Waals surface area contributed by atoms with Crippen molar-refractivity contribution in [2.75, 3.05) is 13.1 Å². The molecule has 0 saturated carbocycles. The normalized spacial score (nSPS) is 22.4. The lowest BCUT2D eigenvalue weighted by atomic mass is 10.2. The quantitative estimate of drug-likeness (QED) is 0.454. The van der Waals surface area contributed by atoms with Gasteiger partial charge in [-0.1, -0.05) is 12.2 Å². The number of hydrogen-bond acceptors (Lipinski definition) is 2. The van der Waals surface area contributed by atoms with Crippen LogP contribution in [0.15, 0.2) is 29.4 Å². The van der Waals surface area contributed by atoms with Gasteiger partial charge in [0.05, 0.1) is 0 Å². The molecule has 0 radical (unpaired) electrons. The molecule has 2 nitrogen and oxygen atoms in total. The summed E-state index contributed by atoms with van der Waals surface area (Å²) in [5.74, 6) is 1.21. The molecule has 2 rings (SSSR count). The van der Waals surface area contributed by atoms with Gasteiger partial charge in [-0.25, -0.2) is 4.99 Å². The molecule has 0 aromatic heterocycles. The molecule has 2 aliphatic heterocycles. The molecule has 0 aliphatic carbocycles. The molecular formula is C8H10N2. The van der Waals surface area contributed by atoms with Crippen molar-refractivity contribution in [3.63, 3.8) is 0 Å². The van der Waals surface area contributed by atoms with Crippen molar-refractivity contribution in [2.24, 2.45) is 4.99 Å². The number of aliphatic imine (C=N–C) groups is 1. The van der Waals surface area contributed by atoms with Gasteiger partial charge >= 0.3 is 0 Å². The summed E-state index contributed by atoms with van der Waals surface area (Å²) in [4.78, 5) is 6.54. The first kappa shape index (κ1) is 5.71. The van der Waals surface area contributed by atoms with E-state index in [1.54, 1.807) is 0 Å². The van der Waals surface area contributed by atoms with Crippen LogP contribution in [0.5, 0.6) is 0 Å². The molecule has 52 valence electrons. The van der Waals surface area contributed by atoms with E-state index in [0.717, 1.165) is 19.5 Å². The second kappa shape index (κ2) is 2.29. The summed E-state index contributed by atoms with van der Waals surface area (Å²) in [5.41, 5.74) is 0. The topological polar surface area (TPSA) is 15.6 Å². The summed E-state index contributed by atoms with van der Waals surface area (Å²) in [5, 5.41) is 0. The Bertz CT molecular complexity index is 213. The molecule has 0 aromatic rings. The Morgan fingerprint density at radius 3 is 3.00 bits per heavy atom. The fraction of sp³-hybridized carbons (Fsp3) is 0.375. The van der Waals surface area contributed by atoms with Crippen LogP contribution in [0.3, 0.4) is 0 Å². The molecule has 0 fully saturated rings. The zero-order valence-corrected chi connectivity index (χ0v) is 5.83. The Hall–Kier alpha value is -1.05. The molecule has 0 atom stereocenters. The number of nitrogens with zero attached hydrogens (tertiary/aromatic N) is 2. The van der Waals surface area contributed by atoms with Gasteiger partial charge in [0, 0.05) is 25.7 Å². The Morgan fingerprint density at radius 2 is 2.10 bits per heavy atom. The summed E-state index contributed by atoms with van der Waals surface area (Å²) in [6, 6.07) is 0. The molecule has 2 aliphatic rings. The third-order valence-corrected chi connectivity index (χ3v) is 1.81. The summed E-state index contributed by atoms with van der Waals surface area (Å²) in [6.07, 6.45) is 9.35. The fourth-order valence-corrected chi connectivity index (χ4v) is 1.25. The minimum absolute atomic E-state index is 1.00. The first-order chi connectivity index (χ1) is 4.97. The number of rotatable bonds is 0. The molecular weight excluding hydrogens is 124 g/mol. The van der Waals surface area contributed by atoms with Crippen molar-refractivity contribution >= 4 is 5.84 Å². The monoisotopic (exact) mass is 134 g/mol. The highest BCUT2D eigenvalue weighted by atomic mass is 15.2. The van der Waals surface area contributed by atoms with Crippen LogP contribution < -0.4 is 0 Å². The third kappa shape index (κ3) is 0.856. The van der Waals surface area contributed by atoms with E-state index in [0.29, 0.717) is 0 Å². The van der Waals surface area contributed by atoms with Gasteiger partial charge < -0.3 is 4.90 Å². The smallest absolute Gasteiger partial charge is 0.108 e. The highest BCUT2D eigenvalue weighted by molar-refractivity contribution is 5.86. The minimum Gasteiger partial charge on any atom is -0.352 e. The molecule has 0 N–H and O–H groups in total. The zero-order valence-electron chi connectivity index (χ0n) is 5.83. The molecule has 2 heterocycles. The maximum absolute atomic E-state index is 4.26. The van der Waals surface area contributed by atoms with Crippen molar-refractivity contribution in [2.45, 2.75) is 6.42 Å². The van der Waals surface area contributed by atoms with Crippen LogP contribution in [0.2, 0.25) is 0 Å². The SMILES string of the molecule is C1=CCN2CC=CN=C2C1. The van der Waals surface area contributed by atoms with E-state index in [1.807, 2.05) is 6.20 Å². The Balaban J connectivity index is 2.23. The van der Waals surface area contributed by atoms with Gasteiger partial charge in [-0.15, -0.1) is 0 Å². The van der Waals surface area contributed by atoms with E-state index in [4.69, 9.17) is 0 Å². The van der Waals surface area contributed by atoms with Gasteiger partial charge in [-0.2, -0.15) is 0 Å². The average Bonchev–Trinajstić information content (AvgIpc) is 2.05. The predicted molar refractivity (Wildman–Crippen MR) is 41.9 cm³/mol. The van der Waals surface area contributed by atoms with E-state index in [2.05, 4.69) is 28.1 Å². The van der Waals surface area contributed by atoms with Crippen LogP contribution in [0.25, 0.3) is 0 Å². The van der Waals surface area contributed by atoms with Gasteiger partial charge in [-0.05, 0) is 6.08 Å². The standard InChI is InChI=1S/C8H10N2/c1-2-6-10-7-3-5-9-8(10)4-1/h1-3,5H,4,6-7H2.